The molecule has 2 aromatic rings. The van der Waals surface area contributed by atoms with Gasteiger partial charge in [-0.15, -0.1) is 10.2 Å². The first-order valence-corrected chi connectivity index (χ1v) is 8.96. The molecule has 0 radical (unpaired) electrons. The molecule has 3 rings (SSSR count). The van der Waals surface area contributed by atoms with Crippen LogP contribution in [-0.4, -0.2) is 27.7 Å². The van der Waals surface area contributed by atoms with E-state index in [2.05, 4.69) is 27.3 Å². The lowest BCUT2D eigenvalue weighted by molar-refractivity contribution is 0.803. The quantitative estimate of drug-likeness (QED) is 0.898. The topological polar surface area (TPSA) is 37.8 Å². The number of rotatable bonds is 5. The van der Waals surface area contributed by atoms with Crippen molar-refractivity contribution >= 4 is 39.8 Å². The van der Waals surface area contributed by atoms with Crippen LogP contribution in [0.2, 0.25) is 5.02 Å². The zero-order valence-electron chi connectivity index (χ0n) is 11.0. The Bertz CT molecular complexity index is 550. The van der Waals surface area contributed by atoms with E-state index >= 15 is 0 Å². The lowest BCUT2D eigenvalue weighted by Gasteiger charge is -2.07. The highest BCUT2D eigenvalue weighted by molar-refractivity contribution is 8.00. The van der Waals surface area contributed by atoms with Gasteiger partial charge in [0.25, 0.3) is 0 Å². The van der Waals surface area contributed by atoms with Crippen LogP contribution in [0.3, 0.4) is 0 Å². The molecule has 0 saturated carbocycles. The van der Waals surface area contributed by atoms with Crippen molar-refractivity contribution in [3.63, 3.8) is 0 Å². The molecule has 1 aromatic carbocycles. The Labute approximate surface area is 132 Å². The highest BCUT2D eigenvalue weighted by Gasteiger charge is 2.15. The van der Waals surface area contributed by atoms with Gasteiger partial charge in [-0.05, 0) is 36.3 Å². The van der Waals surface area contributed by atoms with E-state index in [0.717, 1.165) is 33.4 Å². The third kappa shape index (κ3) is 3.87. The SMILES string of the molecule is Clc1ccc(Cc2nnc(NCC3CCCS3)s2)cc1. The highest BCUT2D eigenvalue weighted by atomic mass is 35.5. The maximum Gasteiger partial charge on any atom is 0.205 e. The Kier molecular flexibility index (Phi) is 4.81. The summed E-state index contributed by atoms with van der Waals surface area (Å²) in [4.78, 5) is 0. The first kappa shape index (κ1) is 14.2. The average Bonchev–Trinajstić information content (AvgIpc) is 3.10. The average molecular weight is 326 g/mol. The molecule has 1 unspecified atom stereocenters. The Morgan fingerprint density at radius 2 is 2.10 bits per heavy atom. The molecule has 3 nitrogen and oxygen atoms in total. The largest absolute Gasteiger partial charge is 0.359 e. The van der Waals surface area contributed by atoms with Crippen molar-refractivity contribution in [3.05, 3.63) is 39.9 Å². The van der Waals surface area contributed by atoms with Crippen LogP contribution in [0.25, 0.3) is 0 Å². The van der Waals surface area contributed by atoms with E-state index in [0.29, 0.717) is 0 Å². The van der Waals surface area contributed by atoms with E-state index in [4.69, 9.17) is 11.6 Å². The number of halogens is 1. The second-order valence-corrected chi connectivity index (χ2v) is 7.73. The van der Waals surface area contributed by atoms with Gasteiger partial charge in [0.15, 0.2) is 0 Å². The molecule has 1 aliphatic heterocycles. The summed E-state index contributed by atoms with van der Waals surface area (Å²) < 4.78 is 0. The van der Waals surface area contributed by atoms with Crippen molar-refractivity contribution in [2.75, 3.05) is 17.6 Å². The summed E-state index contributed by atoms with van der Waals surface area (Å²) in [5, 5.41) is 15.3. The second-order valence-electron chi connectivity index (χ2n) is 4.82. The molecule has 1 fully saturated rings. The van der Waals surface area contributed by atoms with Crippen LogP contribution in [0.15, 0.2) is 24.3 Å². The van der Waals surface area contributed by atoms with Gasteiger partial charge in [0.2, 0.25) is 5.13 Å². The summed E-state index contributed by atoms with van der Waals surface area (Å²) in [7, 11) is 0. The van der Waals surface area contributed by atoms with Gasteiger partial charge in [-0.25, -0.2) is 0 Å². The Morgan fingerprint density at radius 1 is 1.25 bits per heavy atom. The van der Waals surface area contributed by atoms with Gasteiger partial charge >= 0.3 is 0 Å². The summed E-state index contributed by atoms with van der Waals surface area (Å²) in [6.07, 6.45) is 3.47. The number of nitrogens with one attached hydrogen (secondary N) is 1. The minimum atomic E-state index is 0.735. The van der Waals surface area contributed by atoms with E-state index in [1.807, 2.05) is 24.3 Å². The Morgan fingerprint density at radius 3 is 2.85 bits per heavy atom. The van der Waals surface area contributed by atoms with Crippen molar-refractivity contribution in [1.29, 1.82) is 0 Å². The van der Waals surface area contributed by atoms with Crippen LogP contribution in [-0.2, 0) is 6.42 Å². The lowest BCUT2D eigenvalue weighted by atomic mass is 10.2. The molecular formula is C14H16ClN3S2. The molecule has 1 aromatic heterocycles. The molecule has 20 heavy (non-hydrogen) atoms. The number of hydrogen-bond donors (Lipinski definition) is 1. The van der Waals surface area contributed by atoms with Gasteiger partial charge in [0, 0.05) is 23.2 Å². The van der Waals surface area contributed by atoms with Gasteiger partial charge in [-0.2, -0.15) is 11.8 Å². The minimum Gasteiger partial charge on any atom is -0.359 e. The number of anilines is 1. The van der Waals surface area contributed by atoms with Gasteiger partial charge < -0.3 is 5.32 Å². The monoisotopic (exact) mass is 325 g/mol. The molecule has 2 heterocycles. The molecule has 106 valence electrons. The molecule has 1 aliphatic rings. The molecular weight excluding hydrogens is 310 g/mol. The first-order valence-electron chi connectivity index (χ1n) is 6.72. The third-order valence-corrected chi connectivity index (χ3v) is 5.77. The molecule has 0 bridgehead atoms. The zero-order valence-corrected chi connectivity index (χ0v) is 13.4. The molecule has 1 N–H and O–H groups in total. The fourth-order valence-corrected chi connectivity index (χ4v) is 4.29. The van der Waals surface area contributed by atoms with Crippen LogP contribution in [0.4, 0.5) is 5.13 Å². The van der Waals surface area contributed by atoms with Crippen molar-refractivity contribution in [1.82, 2.24) is 10.2 Å². The predicted octanol–water partition coefficient (Wildman–Crippen LogP) is 4.09. The summed E-state index contributed by atoms with van der Waals surface area (Å²) in [6, 6.07) is 7.89. The summed E-state index contributed by atoms with van der Waals surface area (Å²) in [5.41, 5.74) is 1.21. The van der Waals surface area contributed by atoms with Gasteiger partial charge in [0.05, 0.1) is 0 Å². The third-order valence-electron chi connectivity index (χ3n) is 3.24. The van der Waals surface area contributed by atoms with Crippen LogP contribution in [0, 0.1) is 0 Å². The number of benzene rings is 1. The van der Waals surface area contributed by atoms with E-state index < -0.39 is 0 Å². The van der Waals surface area contributed by atoms with Gasteiger partial charge in [-0.3, -0.25) is 0 Å². The number of thioether (sulfide) groups is 1. The first-order chi connectivity index (χ1) is 9.79. The molecule has 1 atom stereocenters. The molecule has 0 amide bonds. The van der Waals surface area contributed by atoms with E-state index in [9.17, 15) is 0 Å². The minimum absolute atomic E-state index is 0.735. The maximum atomic E-state index is 5.88. The second kappa shape index (κ2) is 6.78. The molecule has 0 aliphatic carbocycles. The Balaban J connectivity index is 1.54. The van der Waals surface area contributed by atoms with Crippen LogP contribution < -0.4 is 5.32 Å². The van der Waals surface area contributed by atoms with Crippen molar-refractivity contribution in [2.45, 2.75) is 24.5 Å². The summed E-state index contributed by atoms with van der Waals surface area (Å²) >= 11 is 9.58. The smallest absolute Gasteiger partial charge is 0.205 e. The standard InChI is InChI=1S/C14H16ClN3S2/c15-11-5-3-10(4-6-11)8-13-17-18-14(20-13)16-9-12-2-1-7-19-12/h3-6,12H,1-2,7-9H2,(H,16,18). The summed E-state index contributed by atoms with van der Waals surface area (Å²) in [6.45, 7) is 1.00. The zero-order chi connectivity index (χ0) is 13.8. The van der Waals surface area contributed by atoms with Crippen LogP contribution in [0.5, 0.6) is 0 Å². The number of aromatic nitrogens is 2. The molecule has 6 heteroatoms. The normalized spacial score (nSPS) is 18.4. The molecule has 1 saturated heterocycles. The fourth-order valence-electron chi connectivity index (χ4n) is 2.18. The van der Waals surface area contributed by atoms with E-state index in [-0.39, 0.29) is 0 Å². The van der Waals surface area contributed by atoms with Crippen LogP contribution >= 0.6 is 34.7 Å². The van der Waals surface area contributed by atoms with Crippen molar-refractivity contribution in [3.8, 4) is 0 Å². The Hall–Kier alpha value is -0.780. The van der Waals surface area contributed by atoms with Gasteiger partial charge in [0.1, 0.15) is 5.01 Å². The number of nitrogens with zero attached hydrogens (tertiary/aromatic N) is 2. The lowest BCUT2D eigenvalue weighted by Crippen LogP contribution is -2.13. The number of hydrogen-bond acceptors (Lipinski definition) is 5. The van der Waals surface area contributed by atoms with Crippen LogP contribution in [0.1, 0.15) is 23.4 Å². The van der Waals surface area contributed by atoms with E-state index in [1.54, 1.807) is 11.3 Å². The molecule has 0 spiro atoms. The van der Waals surface area contributed by atoms with Crippen molar-refractivity contribution < 1.29 is 0 Å². The fraction of sp³-hybridized carbons (Fsp3) is 0.429. The predicted molar refractivity (Wildman–Crippen MR) is 88.1 cm³/mol. The summed E-state index contributed by atoms with van der Waals surface area (Å²) in [5.74, 6) is 1.30. The van der Waals surface area contributed by atoms with Crippen molar-refractivity contribution in [2.24, 2.45) is 0 Å². The van der Waals surface area contributed by atoms with E-state index in [1.165, 1.54) is 24.2 Å². The van der Waals surface area contributed by atoms with Gasteiger partial charge in [-0.1, -0.05) is 35.1 Å². The highest BCUT2D eigenvalue weighted by Crippen LogP contribution is 2.27. The maximum absolute atomic E-state index is 5.88.